The van der Waals surface area contributed by atoms with E-state index < -0.39 is 0 Å². The van der Waals surface area contributed by atoms with E-state index in [1.165, 1.54) is 10.2 Å². The van der Waals surface area contributed by atoms with Crippen molar-refractivity contribution in [2.45, 2.75) is 20.3 Å². The first-order valence-corrected chi connectivity index (χ1v) is 8.67. The Morgan fingerprint density at radius 2 is 1.74 bits per heavy atom. The Hall–Kier alpha value is -2.20. The third-order valence-electron chi connectivity index (χ3n) is 3.68. The summed E-state index contributed by atoms with van der Waals surface area (Å²) in [6.45, 7) is 4.41. The van der Waals surface area contributed by atoms with Crippen LogP contribution in [0.2, 0.25) is 0 Å². The summed E-state index contributed by atoms with van der Waals surface area (Å²) in [5.74, 6) is 0.542. The molecule has 0 aliphatic heterocycles. The first-order valence-electron chi connectivity index (χ1n) is 7.85. The molecule has 4 heteroatoms. The predicted molar refractivity (Wildman–Crippen MR) is 98.8 cm³/mol. The number of nitrogens with zero attached hydrogens (tertiary/aromatic N) is 3. The van der Waals surface area contributed by atoms with Gasteiger partial charge in [0.25, 0.3) is 0 Å². The van der Waals surface area contributed by atoms with Gasteiger partial charge < -0.3 is 4.57 Å². The number of fused-ring (bicyclic) bond motifs is 1. The van der Waals surface area contributed by atoms with E-state index in [4.69, 9.17) is 0 Å². The molecule has 0 unspecified atom stereocenters. The molecule has 23 heavy (non-hydrogen) atoms. The number of benzene rings is 2. The summed E-state index contributed by atoms with van der Waals surface area (Å²) >= 11 is 1.67. The Balaban J connectivity index is 2.06. The van der Waals surface area contributed by atoms with Crippen LogP contribution in [0.25, 0.3) is 10.2 Å². The second-order valence-electron chi connectivity index (χ2n) is 6.02. The van der Waals surface area contributed by atoms with Crippen LogP contribution in [0.1, 0.15) is 25.8 Å². The number of para-hydroxylation sites is 1. The molecule has 0 aliphatic carbocycles. The second-order valence-corrected chi connectivity index (χ2v) is 7.03. The van der Waals surface area contributed by atoms with E-state index in [0.717, 1.165) is 22.5 Å². The maximum absolute atomic E-state index is 4.59. The maximum Gasteiger partial charge on any atom is 0.211 e. The minimum atomic E-state index is 0.542. The van der Waals surface area contributed by atoms with Crippen LogP contribution in [0.3, 0.4) is 0 Å². The molecule has 3 aromatic rings. The summed E-state index contributed by atoms with van der Waals surface area (Å²) in [4.78, 5) is 0.920. The number of aromatic nitrogens is 1. The van der Waals surface area contributed by atoms with E-state index in [-0.39, 0.29) is 0 Å². The largest absolute Gasteiger partial charge is 0.318 e. The lowest BCUT2D eigenvalue weighted by Crippen LogP contribution is -2.10. The van der Waals surface area contributed by atoms with Crippen molar-refractivity contribution in [2.75, 3.05) is 0 Å². The average molecular weight is 323 g/mol. The lowest BCUT2D eigenvalue weighted by Gasteiger charge is -2.07. The molecule has 0 aliphatic rings. The monoisotopic (exact) mass is 323 g/mol. The standard InChI is InChI=1S/C19H21N3S/c1-14(2)13-16(15-9-5-4-6-10-15)20-21-19-22(3)17-11-7-8-12-18(17)23-19/h4-12,14H,13H2,1-3H3/b20-16+,21-19+. The Morgan fingerprint density at radius 1 is 1.04 bits per heavy atom. The molecule has 0 radical (unpaired) electrons. The minimum Gasteiger partial charge on any atom is -0.318 e. The van der Waals surface area contributed by atoms with E-state index in [0.29, 0.717) is 5.92 Å². The number of aryl methyl sites for hydroxylation is 1. The van der Waals surface area contributed by atoms with Crippen LogP contribution in [0, 0.1) is 5.92 Å². The van der Waals surface area contributed by atoms with E-state index in [1.807, 2.05) is 25.2 Å². The van der Waals surface area contributed by atoms with Gasteiger partial charge in [-0.05, 0) is 30.0 Å². The van der Waals surface area contributed by atoms with Crippen LogP contribution in [0.5, 0.6) is 0 Å². The van der Waals surface area contributed by atoms with Crippen molar-refractivity contribution in [2.24, 2.45) is 23.2 Å². The van der Waals surface area contributed by atoms with E-state index in [2.05, 4.69) is 65.0 Å². The Morgan fingerprint density at radius 3 is 2.43 bits per heavy atom. The average Bonchev–Trinajstić information content (AvgIpc) is 2.88. The highest BCUT2D eigenvalue weighted by Crippen LogP contribution is 2.15. The van der Waals surface area contributed by atoms with Gasteiger partial charge in [0.1, 0.15) is 0 Å². The van der Waals surface area contributed by atoms with E-state index in [9.17, 15) is 0 Å². The second kappa shape index (κ2) is 6.92. The Labute approximate surface area is 140 Å². The first-order chi connectivity index (χ1) is 11.1. The Kier molecular flexibility index (Phi) is 4.72. The molecule has 0 saturated heterocycles. The van der Waals surface area contributed by atoms with Gasteiger partial charge >= 0.3 is 0 Å². The van der Waals surface area contributed by atoms with Gasteiger partial charge in [-0.15, -0.1) is 5.10 Å². The van der Waals surface area contributed by atoms with Crippen LogP contribution in [0.15, 0.2) is 64.8 Å². The van der Waals surface area contributed by atoms with E-state index >= 15 is 0 Å². The number of thiazole rings is 1. The fourth-order valence-corrected chi connectivity index (χ4v) is 3.48. The molecule has 0 saturated carbocycles. The maximum atomic E-state index is 4.59. The molecule has 3 rings (SSSR count). The molecule has 2 aromatic carbocycles. The lowest BCUT2D eigenvalue weighted by atomic mass is 10.0. The number of hydrogen-bond acceptors (Lipinski definition) is 3. The van der Waals surface area contributed by atoms with Crippen LogP contribution >= 0.6 is 11.3 Å². The fraction of sp³-hybridized carbons (Fsp3) is 0.263. The Bertz CT molecular complexity index is 886. The molecular formula is C19H21N3S. The number of hydrogen-bond donors (Lipinski definition) is 0. The molecule has 3 nitrogen and oxygen atoms in total. The fourth-order valence-electron chi connectivity index (χ4n) is 2.51. The normalized spacial score (nSPS) is 13.2. The summed E-state index contributed by atoms with van der Waals surface area (Å²) in [7, 11) is 2.04. The molecule has 0 fully saturated rings. The highest BCUT2D eigenvalue weighted by atomic mass is 32.1. The predicted octanol–water partition coefficient (Wildman–Crippen LogP) is 4.59. The van der Waals surface area contributed by atoms with Crippen molar-refractivity contribution in [1.29, 1.82) is 0 Å². The highest BCUT2D eigenvalue weighted by molar-refractivity contribution is 7.16. The topological polar surface area (TPSA) is 29.6 Å². The first kappa shape index (κ1) is 15.7. The molecular weight excluding hydrogens is 302 g/mol. The van der Waals surface area contributed by atoms with Crippen molar-refractivity contribution >= 4 is 27.3 Å². The van der Waals surface area contributed by atoms with Crippen LogP contribution in [-0.4, -0.2) is 10.3 Å². The zero-order valence-electron chi connectivity index (χ0n) is 13.7. The highest BCUT2D eigenvalue weighted by Gasteiger charge is 2.06. The van der Waals surface area contributed by atoms with Crippen molar-refractivity contribution in [3.8, 4) is 0 Å². The van der Waals surface area contributed by atoms with Crippen LogP contribution in [0.4, 0.5) is 0 Å². The molecule has 1 aromatic heterocycles. The van der Waals surface area contributed by atoms with Crippen molar-refractivity contribution < 1.29 is 0 Å². The quantitative estimate of drug-likeness (QED) is 0.496. The number of rotatable bonds is 4. The summed E-state index contributed by atoms with van der Waals surface area (Å²) in [6.07, 6.45) is 0.919. The van der Waals surface area contributed by atoms with Gasteiger partial charge in [0.05, 0.1) is 15.9 Å². The van der Waals surface area contributed by atoms with Gasteiger partial charge in [-0.25, -0.2) is 0 Å². The summed E-state index contributed by atoms with van der Waals surface area (Å²) in [5.41, 5.74) is 3.38. The smallest absolute Gasteiger partial charge is 0.211 e. The van der Waals surface area contributed by atoms with E-state index in [1.54, 1.807) is 11.3 Å². The SMILES string of the molecule is CC(C)C/C(=N\N=c1\sc2ccccc2n1C)c1ccccc1. The van der Waals surface area contributed by atoms with Crippen molar-refractivity contribution in [1.82, 2.24) is 4.57 Å². The van der Waals surface area contributed by atoms with Gasteiger partial charge in [-0.3, -0.25) is 0 Å². The zero-order valence-corrected chi connectivity index (χ0v) is 14.5. The minimum absolute atomic E-state index is 0.542. The molecule has 0 bridgehead atoms. The van der Waals surface area contributed by atoms with Gasteiger partial charge in [0.15, 0.2) is 0 Å². The summed E-state index contributed by atoms with van der Waals surface area (Å²) < 4.78 is 3.33. The van der Waals surface area contributed by atoms with Gasteiger partial charge in [-0.1, -0.05) is 67.6 Å². The van der Waals surface area contributed by atoms with Crippen molar-refractivity contribution in [3.63, 3.8) is 0 Å². The molecule has 0 N–H and O–H groups in total. The molecule has 1 heterocycles. The van der Waals surface area contributed by atoms with Gasteiger partial charge in [0.2, 0.25) is 4.80 Å². The lowest BCUT2D eigenvalue weighted by molar-refractivity contribution is 0.682. The zero-order chi connectivity index (χ0) is 16.2. The summed E-state index contributed by atoms with van der Waals surface area (Å²) in [6, 6.07) is 18.7. The molecule has 0 atom stereocenters. The van der Waals surface area contributed by atoms with Crippen LogP contribution < -0.4 is 4.80 Å². The molecule has 0 spiro atoms. The van der Waals surface area contributed by atoms with Gasteiger partial charge in [0, 0.05) is 7.05 Å². The summed E-state index contributed by atoms with van der Waals surface area (Å²) in [5, 5.41) is 9.13. The van der Waals surface area contributed by atoms with Gasteiger partial charge in [-0.2, -0.15) is 5.10 Å². The third-order valence-corrected chi connectivity index (χ3v) is 4.78. The van der Waals surface area contributed by atoms with Crippen molar-refractivity contribution in [3.05, 3.63) is 65.0 Å². The molecule has 118 valence electrons. The van der Waals surface area contributed by atoms with Crippen LogP contribution in [-0.2, 0) is 7.05 Å². The third kappa shape index (κ3) is 3.59. The molecule has 0 amide bonds.